The Labute approximate surface area is 166 Å². The Kier molecular flexibility index (Phi) is 7.80. The number of carbonyl (C=O) groups is 2. The number of amides is 1. The van der Waals surface area contributed by atoms with Crippen LogP contribution in [0, 0.1) is 6.92 Å². The van der Waals surface area contributed by atoms with Crippen molar-refractivity contribution in [2.75, 3.05) is 12.4 Å². The van der Waals surface area contributed by atoms with E-state index in [4.69, 9.17) is 9.47 Å². The van der Waals surface area contributed by atoms with E-state index in [0.717, 1.165) is 5.56 Å². The monoisotopic (exact) mass is 409 g/mol. The molecule has 0 aliphatic rings. The maximum absolute atomic E-state index is 12.3. The molecule has 2 aromatic carbocycles. The van der Waals surface area contributed by atoms with E-state index in [2.05, 4.69) is 5.32 Å². The minimum absolute atomic E-state index is 0.0258. The predicted molar refractivity (Wildman–Crippen MR) is 104 cm³/mol. The molecule has 1 atom stereocenters. The number of aryl methyl sites for hydroxylation is 1. The van der Waals surface area contributed by atoms with Crippen LogP contribution in [-0.2, 0) is 20.7 Å². The van der Waals surface area contributed by atoms with Crippen LogP contribution in [0.3, 0.4) is 0 Å². The van der Waals surface area contributed by atoms with Crippen molar-refractivity contribution in [3.05, 3.63) is 53.6 Å². The fourth-order valence-electron chi connectivity index (χ4n) is 2.46. The van der Waals surface area contributed by atoms with Crippen molar-refractivity contribution in [1.82, 2.24) is 0 Å². The number of rotatable bonds is 8. The van der Waals surface area contributed by atoms with Crippen LogP contribution in [-0.4, -0.2) is 30.8 Å². The lowest BCUT2D eigenvalue weighted by atomic mass is 10.1. The average Bonchev–Trinajstić information content (AvgIpc) is 2.63. The van der Waals surface area contributed by atoms with Gasteiger partial charge in [0.2, 0.25) is 0 Å². The summed E-state index contributed by atoms with van der Waals surface area (Å²) in [5.74, 6) is -3.01. The summed E-state index contributed by atoms with van der Waals surface area (Å²) in [5.41, 5.74) is 2.07. The van der Waals surface area contributed by atoms with Crippen molar-refractivity contribution < 1.29 is 27.8 Å². The molecule has 0 aliphatic heterocycles. The van der Waals surface area contributed by atoms with Gasteiger partial charge in [-0.25, -0.2) is 0 Å². The summed E-state index contributed by atoms with van der Waals surface area (Å²) < 4.78 is 35.1. The second kappa shape index (κ2) is 10.1. The molecular formula is C20H21F2NO4S. The van der Waals surface area contributed by atoms with Crippen molar-refractivity contribution in [2.24, 2.45) is 0 Å². The summed E-state index contributed by atoms with van der Waals surface area (Å²) in [6.07, 6.45) is -1.04. The number of anilines is 1. The van der Waals surface area contributed by atoms with Crippen molar-refractivity contribution >= 4 is 29.3 Å². The van der Waals surface area contributed by atoms with Gasteiger partial charge in [0.05, 0.1) is 13.5 Å². The lowest BCUT2D eigenvalue weighted by molar-refractivity contribution is -0.152. The molecule has 150 valence electrons. The van der Waals surface area contributed by atoms with E-state index in [9.17, 15) is 18.4 Å². The Morgan fingerprint density at radius 1 is 1.14 bits per heavy atom. The van der Waals surface area contributed by atoms with Gasteiger partial charge in [-0.1, -0.05) is 29.5 Å². The quantitative estimate of drug-likeness (QED) is 0.516. The molecule has 2 aromatic rings. The summed E-state index contributed by atoms with van der Waals surface area (Å²) in [4.78, 5) is 24.8. The normalized spacial score (nSPS) is 11.8. The van der Waals surface area contributed by atoms with E-state index >= 15 is 0 Å². The molecular weight excluding hydrogens is 388 g/mol. The standard InChI is InChI=1S/C20H21F2NO4S/c1-12-4-9-17(26-3)14(10-12)11-18(24)27-13(2)19(25)23-15-5-7-16(8-6-15)28-20(21)22/h4-10,13,20H,11H2,1-3H3,(H,23,25)/t13-/m0/s1. The number of hydrogen-bond donors (Lipinski definition) is 1. The lowest BCUT2D eigenvalue weighted by Crippen LogP contribution is -2.30. The number of hydrogen-bond acceptors (Lipinski definition) is 5. The van der Waals surface area contributed by atoms with Crippen LogP contribution < -0.4 is 10.1 Å². The molecule has 1 amide bonds. The summed E-state index contributed by atoms with van der Waals surface area (Å²) in [7, 11) is 1.51. The van der Waals surface area contributed by atoms with E-state index in [1.54, 1.807) is 6.07 Å². The second-order valence-corrected chi connectivity index (χ2v) is 7.08. The molecule has 5 nitrogen and oxygen atoms in total. The zero-order valence-corrected chi connectivity index (χ0v) is 16.5. The number of benzene rings is 2. The number of esters is 1. The first-order valence-electron chi connectivity index (χ1n) is 8.47. The third kappa shape index (κ3) is 6.53. The molecule has 0 radical (unpaired) electrons. The van der Waals surface area contributed by atoms with E-state index in [-0.39, 0.29) is 6.42 Å². The van der Waals surface area contributed by atoms with Gasteiger partial charge in [-0.2, -0.15) is 8.78 Å². The highest BCUT2D eigenvalue weighted by Gasteiger charge is 2.19. The van der Waals surface area contributed by atoms with Crippen molar-refractivity contribution in [3.8, 4) is 5.75 Å². The van der Waals surface area contributed by atoms with Crippen LogP contribution in [0.1, 0.15) is 18.1 Å². The molecule has 0 bridgehead atoms. The van der Waals surface area contributed by atoms with Crippen LogP contribution in [0.15, 0.2) is 47.4 Å². The fourth-order valence-corrected chi connectivity index (χ4v) is 2.96. The zero-order chi connectivity index (χ0) is 20.7. The second-order valence-electron chi connectivity index (χ2n) is 6.02. The molecule has 2 rings (SSSR count). The number of nitrogens with one attached hydrogen (secondary N) is 1. The third-order valence-corrected chi connectivity index (χ3v) is 4.52. The van der Waals surface area contributed by atoms with E-state index < -0.39 is 23.7 Å². The molecule has 0 spiro atoms. The topological polar surface area (TPSA) is 64.6 Å². The molecule has 0 fully saturated rings. The van der Waals surface area contributed by atoms with Gasteiger partial charge in [0.15, 0.2) is 6.10 Å². The average molecular weight is 409 g/mol. The van der Waals surface area contributed by atoms with E-state index in [1.165, 1.54) is 38.3 Å². The molecule has 0 heterocycles. The van der Waals surface area contributed by atoms with Gasteiger partial charge in [0.1, 0.15) is 5.75 Å². The first-order valence-corrected chi connectivity index (χ1v) is 9.35. The number of thioether (sulfide) groups is 1. The summed E-state index contributed by atoms with van der Waals surface area (Å²) in [6.45, 7) is 3.36. The summed E-state index contributed by atoms with van der Waals surface area (Å²) in [5, 5.41) is 2.59. The Morgan fingerprint density at radius 2 is 1.82 bits per heavy atom. The highest BCUT2D eigenvalue weighted by Crippen LogP contribution is 2.26. The number of ether oxygens (including phenoxy) is 2. The third-order valence-electron chi connectivity index (χ3n) is 3.80. The predicted octanol–water partition coefficient (Wildman–Crippen LogP) is 4.43. The van der Waals surface area contributed by atoms with Gasteiger partial charge in [0, 0.05) is 16.1 Å². The molecule has 28 heavy (non-hydrogen) atoms. The highest BCUT2D eigenvalue weighted by molar-refractivity contribution is 7.99. The van der Waals surface area contributed by atoms with E-state index in [1.807, 2.05) is 19.1 Å². The van der Waals surface area contributed by atoms with E-state index in [0.29, 0.717) is 33.7 Å². The molecule has 0 unspecified atom stereocenters. The summed E-state index contributed by atoms with van der Waals surface area (Å²) >= 11 is 0.420. The van der Waals surface area contributed by atoms with Gasteiger partial charge in [0.25, 0.3) is 11.7 Å². The van der Waals surface area contributed by atoms with Crippen LogP contribution >= 0.6 is 11.8 Å². The number of alkyl halides is 2. The molecule has 0 saturated carbocycles. The Hall–Kier alpha value is -2.61. The smallest absolute Gasteiger partial charge is 0.311 e. The number of carbonyl (C=O) groups excluding carboxylic acids is 2. The van der Waals surface area contributed by atoms with Crippen LogP contribution in [0.4, 0.5) is 14.5 Å². The van der Waals surface area contributed by atoms with Gasteiger partial charge in [-0.05, 0) is 44.2 Å². The Bertz CT molecular complexity index is 827. The Morgan fingerprint density at radius 3 is 2.43 bits per heavy atom. The van der Waals surface area contributed by atoms with Crippen LogP contribution in [0.5, 0.6) is 5.75 Å². The van der Waals surface area contributed by atoms with Gasteiger partial charge >= 0.3 is 5.97 Å². The summed E-state index contributed by atoms with van der Waals surface area (Å²) in [6, 6.07) is 11.4. The van der Waals surface area contributed by atoms with Crippen LogP contribution in [0.2, 0.25) is 0 Å². The first-order chi connectivity index (χ1) is 13.3. The van der Waals surface area contributed by atoms with Gasteiger partial charge < -0.3 is 14.8 Å². The largest absolute Gasteiger partial charge is 0.496 e. The zero-order valence-electron chi connectivity index (χ0n) is 15.7. The minimum atomic E-state index is -2.51. The fraction of sp³-hybridized carbons (Fsp3) is 0.300. The highest BCUT2D eigenvalue weighted by atomic mass is 32.2. The maximum Gasteiger partial charge on any atom is 0.311 e. The van der Waals surface area contributed by atoms with Crippen molar-refractivity contribution in [2.45, 2.75) is 37.0 Å². The van der Waals surface area contributed by atoms with Gasteiger partial charge in [-0.3, -0.25) is 9.59 Å². The molecule has 0 aliphatic carbocycles. The van der Waals surface area contributed by atoms with Crippen LogP contribution in [0.25, 0.3) is 0 Å². The molecule has 0 saturated heterocycles. The molecule has 8 heteroatoms. The maximum atomic E-state index is 12.3. The number of methoxy groups -OCH3 is 1. The number of halogens is 2. The first kappa shape index (κ1) is 21.7. The van der Waals surface area contributed by atoms with Gasteiger partial charge in [-0.15, -0.1) is 0 Å². The molecule has 1 N–H and O–H groups in total. The van der Waals surface area contributed by atoms with Crippen molar-refractivity contribution in [3.63, 3.8) is 0 Å². The Balaban J connectivity index is 1.91. The minimum Gasteiger partial charge on any atom is -0.496 e. The lowest BCUT2D eigenvalue weighted by Gasteiger charge is -2.15. The SMILES string of the molecule is COc1ccc(C)cc1CC(=O)O[C@@H](C)C(=O)Nc1ccc(SC(F)F)cc1. The molecule has 0 aromatic heterocycles. The van der Waals surface area contributed by atoms with Crippen molar-refractivity contribution in [1.29, 1.82) is 0 Å².